The molecule has 0 aliphatic rings. The molecule has 1 atom stereocenters. The average molecular weight is 1220 g/mol. The van der Waals surface area contributed by atoms with Crippen LogP contribution < -0.4 is 14.5 Å². The Morgan fingerprint density at radius 3 is 1.16 bits per heavy atom. The zero-order valence-corrected chi connectivity index (χ0v) is 49.2. The summed E-state index contributed by atoms with van der Waals surface area (Å²) in [6.45, 7) is 14.5. The number of unbranched alkanes of at least 4 members (excludes halogenated alkanes) is 1. The van der Waals surface area contributed by atoms with Gasteiger partial charge in [0.2, 0.25) is 0 Å². The first-order chi connectivity index (χ1) is 38.9. The molecule has 1 unspecified atom stereocenters. The summed E-state index contributed by atoms with van der Waals surface area (Å²) in [6.07, 6.45) is 7.71. The van der Waals surface area contributed by atoms with Gasteiger partial charge in [-0.1, -0.05) is 186 Å². The molecule has 0 fully saturated rings. The molecule has 0 amide bonds. The Hall–Kier alpha value is -8.02. The van der Waals surface area contributed by atoms with E-state index in [4.69, 9.17) is 4.74 Å². The number of anilines is 6. The Kier molecular flexibility index (Phi) is 16.0. The van der Waals surface area contributed by atoms with E-state index >= 15 is 0 Å². The molecule has 13 aromatic rings. The van der Waals surface area contributed by atoms with E-state index in [0.717, 1.165) is 78.4 Å². The van der Waals surface area contributed by atoms with Gasteiger partial charge in [-0.15, -0.1) is 12.1 Å². The second-order valence-electron chi connectivity index (χ2n) is 21.1. The number of rotatable bonds is 16. The summed E-state index contributed by atoms with van der Waals surface area (Å²) in [6, 6.07) is 84.6. The molecule has 13 aromatic carbocycles. The summed E-state index contributed by atoms with van der Waals surface area (Å²) in [4.78, 5) is 4.87. The van der Waals surface area contributed by atoms with Gasteiger partial charge in [0.05, 0.1) is 17.5 Å². The summed E-state index contributed by atoms with van der Waals surface area (Å²) in [7, 11) is 0. The molecule has 0 saturated carbocycles. The first-order valence-corrected chi connectivity index (χ1v) is 28.7. The Labute approximate surface area is 486 Å². The molecular formula is C76H68N2OOs. The van der Waals surface area contributed by atoms with Crippen molar-refractivity contribution in [2.75, 3.05) is 9.80 Å². The Balaban J connectivity index is 0.00000131. The van der Waals surface area contributed by atoms with Gasteiger partial charge in [0.15, 0.2) is 0 Å². The number of aryl methyl sites for hydroxylation is 2. The fourth-order valence-electron chi connectivity index (χ4n) is 12.2. The molecule has 0 saturated heterocycles. The van der Waals surface area contributed by atoms with Crippen LogP contribution in [0, 0.1) is 13.0 Å². The van der Waals surface area contributed by atoms with Crippen molar-refractivity contribution in [3.05, 3.63) is 243 Å². The Morgan fingerprint density at radius 1 is 0.400 bits per heavy atom. The van der Waals surface area contributed by atoms with Crippen LogP contribution in [0.5, 0.6) is 5.75 Å². The summed E-state index contributed by atoms with van der Waals surface area (Å²) >= 11 is 0. The maximum absolute atomic E-state index is 6.31. The van der Waals surface area contributed by atoms with E-state index in [1.807, 2.05) is 12.1 Å². The van der Waals surface area contributed by atoms with Gasteiger partial charge in [-0.3, -0.25) is 0 Å². The van der Waals surface area contributed by atoms with Gasteiger partial charge in [0.1, 0.15) is 5.75 Å². The molecule has 3 nitrogen and oxygen atoms in total. The van der Waals surface area contributed by atoms with Gasteiger partial charge in [0.25, 0.3) is 0 Å². The molecule has 0 radical (unpaired) electrons. The molecule has 0 aromatic heterocycles. The van der Waals surface area contributed by atoms with Crippen molar-refractivity contribution in [3.63, 3.8) is 0 Å². The third kappa shape index (κ3) is 9.73. The van der Waals surface area contributed by atoms with Crippen LogP contribution >= 0.6 is 0 Å². The van der Waals surface area contributed by atoms with Gasteiger partial charge >= 0.3 is 19.8 Å². The number of hydrogen-bond acceptors (Lipinski definition) is 3. The second-order valence-corrected chi connectivity index (χ2v) is 21.1. The fourth-order valence-corrected chi connectivity index (χ4v) is 12.2. The summed E-state index contributed by atoms with van der Waals surface area (Å²) < 4.78 is 6.31. The molecule has 0 N–H and O–H groups in total. The summed E-state index contributed by atoms with van der Waals surface area (Å²) in [5, 5.41) is 15.2. The van der Waals surface area contributed by atoms with E-state index < -0.39 is 0 Å². The van der Waals surface area contributed by atoms with Crippen molar-refractivity contribution in [2.45, 2.75) is 85.7 Å². The van der Waals surface area contributed by atoms with Gasteiger partial charge < -0.3 is 21.5 Å². The van der Waals surface area contributed by atoms with E-state index in [1.165, 1.54) is 104 Å². The van der Waals surface area contributed by atoms with Crippen LogP contribution in [0.1, 0.15) is 77.8 Å². The predicted molar refractivity (Wildman–Crippen MR) is 342 cm³/mol. The van der Waals surface area contributed by atoms with Gasteiger partial charge in [-0.2, -0.15) is 24.6 Å². The molecule has 0 heterocycles. The molecule has 13 rings (SSSR count). The van der Waals surface area contributed by atoms with Crippen molar-refractivity contribution in [2.24, 2.45) is 0 Å². The van der Waals surface area contributed by atoms with E-state index in [1.54, 1.807) is 0 Å². The normalized spacial score (nSPS) is 11.8. The zero-order chi connectivity index (χ0) is 54.0. The molecule has 4 heteroatoms. The van der Waals surface area contributed by atoms with E-state index in [2.05, 4.69) is 264 Å². The van der Waals surface area contributed by atoms with Crippen LogP contribution in [0.2, 0.25) is 0 Å². The molecule has 0 spiro atoms. The van der Waals surface area contributed by atoms with Crippen LogP contribution in [0.25, 0.3) is 86.9 Å². The predicted octanol–water partition coefficient (Wildman–Crippen LogP) is 22.3. The van der Waals surface area contributed by atoms with Crippen LogP contribution in [-0.2, 0) is 32.6 Å². The Bertz CT molecular complexity index is 4080. The number of nitrogens with zero attached hydrogens (tertiary/aromatic N) is 2. The first kappa shape index (κ1) is 54.0. The van der Waals surface area contributed by atoms with Crippen molar-refractivity contribution < 1.29 is 24.5 Å². The third-order valence-corrected chi connectivity index (χ3v) is 16.0. The standard InChI is InChI=1S/C72H59N2O.C4H9.Os/c1-5-19-48-31-35-53(36-32-48)73(52-25-15-10-16-26-52)63-45-43-61-67-57(63)27-17-29-59(67)69-65(50-21-11-8-12-22-50)70-60-30-18-28-58-64(46-44-62(68(58)60)72(70)66(71(61)69)51-23-13-9-14-24-51)74(54-37-33-49(20-6-2)34-38-54)55-39-41-56(42-40-55)75-47(4)7-3;1-3-4-2;/h8-9,11-18,21-47H,5-7,19-20H2,1-4H3;1,3-4H2,2H3;/q2*-1;+2. The van der Waals surface area contributed by atoms with Crippen molar-refractivity contribution >= 4 is 98.8 Å². The minimum absolute atomic E-state index is 0. The minimum Gasteiger partial charge on any atom is -0.491 e. The van der Waals surface area contributed by atoms with E-state index in [0.29, 0.717) is 0 Å². The van der Waals surface area contributed by atoms with Gasteiger partial charge in [-0.25, -0.2) is 0 Å². The fraction of sp³-hybridized carbons (Fsp3) is 0.171. The van der Waals surface area contributed by atoms with Crippen LogP contribution in [0.4, 0.5) is 34.1 Å². The molecule has 0 aliphatic heterocycles. The number of ether oxygens (including phenoxy) is 1. The van der Waals surface area contributed by atoms with Gasteiger partial charge in [0, 0.05) is 27.8 Å². The smallest absolute Gasteiger partial charge is 0.491 e. The molecular weight excluding hydrogens is 1150 g/mol. The minimum atomic E-state index is 0. The first-order valence-electron chi connectivity index (χ1n) is 28.7. The SMILES string of the molecule is CCCc1ccc(N(c2cc[c-]cc2)c2ccc3c4c(-c5ccccc5)c5c6ccc(N(c7ccc(CCC)cc7)c7ccc(OC(C)CC)cc7)c7cccc(c5c(-c5ccccc5)c4c4cccc2c43)c76)cc1.[CH2-]CCC.[Os+2]. The molecule has 396 valence electrons. The number of hydrogen-bond donors (Lipinski definition) is 0. The van der Waals surface area contributed by atoms with Crippen LogP contribution in [0.3, 0.4) is 0 Å². The maximum atomic E-state index is 6.31. The second kappa shape index (κ2) is 23.7. The maximum Gasteiger partial charge on any atom is 2.00 e. The van der Waals surface area contributed by atoms with Crippen molar-refractivity contribution in [1.82, 2.24) is 0 Å². The Morgan fingerprint density at radius 2 is 0.775 bits per heavy atom. The largest absolute Gasteiger partial charge is 2.00 e. The third-order valence-electron chi connectivity index (χ3n) is 16.0. The number of fused-ring (bicyclic) bond motifs is 6. The molecule has 0 bridgehead atoms. The topological polar surface area (TPSA) is 15.7 Å². The average Bonchev–Trinajstić information content (AvgIpc) is 4.24. The number of benzene rings is 11. The quantitative estimate of drug-likeness (QED) is 0.0897. The van der Waals surface area contributed by atoms with E-state index in [-0.39, 0.29) is 25.9 Å². The van der Waals surface area contributed by atoms with E-state index in [9.17, 15) is 0 Å². The van der Waals surface area contributed by atoms with Gasteiger partial charge in [-0.05, 0) is 174 Å². The monoisotopic (exact) mass is 1220 g/mol. The van der Waals surface area contributed by atoms with Crippen molar-refractivity contribution in [3.8, 4) is 28.0 Å². The van der Waals surface area contributed by atoms with Crippen LogP contribution in [0.15, 0.2) is 218 Å². The summed E-state index contributed by atoms with van der Waals surface area (Å²) in [5.74, 6) is 0.884. The zero-order valence-electron chi connectivity index (χ0n) is 46.7. The summed E-state index contributed by atoms with van der Waals surface area (Å²) in [5.41, 5.74) is 14.4. The molecule has 0 aliphatic carbocycles. The van der Waals surface area contributed by atoms with Crippen LogP contribution in [-0.4, -0.2) is 6.10 Å². The molecule has 80 heavy (non-hydrogen) atoms. The van der Waals surface area contributed by atoms with Crippen molar-refractivity contribution in [1.29, 1.82) is 0 Å².